The highest BCUT2D eigenvalue weighted by atomic mass is 19.1. The van der Waals surface area contributed by atoms with E-state index in [2.05, 4.69) is 15.3 Å². The molecule has 0 aliphatic carbocycles. The van der Waals surface area contributed by atoms with Crippen LogP contribution in [0.4, 0.5) is 16.0 Å². The van der Waals surface area contributed by atoms with Gasteiger partial charge in [-0.1, -0.05) is 18.2 Å². The topological polar surface area (TPSA) is 66.7 Å². The molecule has 3 aromatic rings. The molecule has 0 saturated carbocycles. The summed E-state index contributed by atoms with van der Waals surface area (Å²) in [6.45, 7) is 0.607. The number of nitrogens with zero attached hydrogens (tertiary/aromatic N) is 1. The molecule has 0 aliphatic heterocycles. The third kappa shape index (κ3) is 2.56. The quantitative estimate of drug-likeness (QED) is 0.638. The second-order valence-corrected chi connectivity index (χ2v) is 4.63. The van der Waals surface area contributed by atoms with Crippen molar-refractivity contribution in [2.45, 2.75) is 6.42 Å². The molecule has 4 N–H and O–H groups in total. The molecule has 0 atom stereocenters. The van der Waals surface area contributed by atoms with Crippen LogP contribution in [0.1, 0.15) is 5.56 Å². The van der Waals surface area contributed by atoms with Gasteiger partial charge in [-0.05, 0) is 36.2 Å². The zero-order valence-corrected chi connectivity index (χ0v) is 10.9. The molecule has 0 radical (unpaired) electrons. The lowest BCUT2D eigenvalue weighted by Gasteiger charge is -2.04. The number of aromatic nitrogens is 2. The number of halogens is 1. The molecular formula is C15H15FN4. The van der Waals surface area contributed by atoms with E-state index in [1.54, 1.807) is 12.1 Å². The number of H-pyrrole nitrogens is 1. The number of aromatic amines is 1. The number of hydrogen-bond acceptors (Lipinski definition) is 3. The first kappa shape index (κ1) is 12.5. The highest BCUT2D eigenvalue weighted by Crippen LogP contribution is 2.17. The van der Waals surface area contributed by atoms with Gasteiger partial charge in [0.25, 0.3) is 0 Å². The standard InChI is InChI=1S/C15H15FN4/c16-12-4-2-1-3-10(12)7-8-18-15-19-13-6-5-11(17)9-14(13)20-15/h1-6,9H,7-8,17H2,(H2,18,19,20). The van der Waals surface area contributed by atoms with Crippen molar-refractivity contribution in [1.82, 2.24) is 9.97 Å². The number of imidazole rings is 1. The summed E-state index contributed by atoms with van der Waals surface area (Å²) < 4.78 is 13.5. The van der Waals surface area contributed by atoms with Crippen LogP contribution in [0, 0.1) is 5.82 Å². The SMILES string of the molecule is Nc1ccc2nc(NCCc3ccccc3F)[nH]c2c1. The molecule has 3 rings (SSSR count). The maximum Gasteiger partial charge on any atom is 0.201 e. The number of nitrogens with one attached hydrogen (secondary N) is 2. The molecule has 0 bridgehead atoms. The zero-order chi connectivity index (χ0) is 13.9. The summed E-state index contributed by atoms with van der Waals surface area (Å²) in [6.07, 6.45) is 0.603. The first-order valence-corrected chi connectivity index (χ1v) is 6.45. The second kappa shape index (κ2) is 5.21. The Kier molecular flexibility index (Phi) is 3.25. The van der Waals surface area contributed by atoms with Crippen LogP contribution in [0.2, 0.25) is 0 Å². The van der Waals surface area contributed by atoms with Gasteiger partial charge in [-0.2, -0.15) is 0 Å². The van der Waals surface area contributed by atoms with Crippen LogP contribution in [0.25, 0.3) is 11.0 Å². The molecule has 0 fully saturated rings. The van der Waals surface area contributed by atoms with Crippen LogP contribution in [0.3, 0.4) is 0 Å². The van der Waals surface area contributed by atoms with Crippen LogP contribution in [0.15, 0.2) is 42.5 Å². The van der Waals surface area contributed by atoms with Crippen LogP contribution in [0.5, 0.6) is 0 Å². The van der Waals surface area contributed by atoms with Crippen molar-refractivity contribution in [3.63, 3.8) is 0 Å². The number of benzene rings is 2. The van der Waals surface area contributed by atoms with Gasteiger partial charge >= 0.3 is 0 Å². The van der Waals surface area contributed by atoms with E-state index >= 15 is 0 Å². The van der Waals surface area contributed by atoms with Gasteiger partial charge in [-0.25, -0.2) is 9.37 Å². The molecule has 0 spiro atoms. The predicted molar refractivity (Wildman–Crippen MR) is 79.1 cm³/mol. The highest BCUT2D eigenvalue weighted by molar-refractivity contribution is 5.80. The maximum atomic E-state index is 13.5. The van der Waals surface area contributed by atoms with E-state index in [1.165, 1.54) is 6.07 Å². The molecule has 4 nitrogen and oxygen atoms in total. The van der Waals surface area contributed by atoms with Gasteiger partial charge in [0.1, 0.15) is 5.82 Å². The van der Waals surface area contributed by atoms with Crippen LogP contribution < -0.4 is 11.1 Å². The van der Waals surface area contributed by atoms with Gasteiger partial charge in [0.15, 0.2) is 0 Å². The lowest BCUT2D eigenvalue weighted by atomic mass is 10.1. The van der Waals surface area contributed by atoms with Crippen molar-refractivity contribution >= 4 is 22.7 Å². The molecule has 0 aliphatic rings. The molecule has 0 amide bonds. The van der Waals surface area contributed by atoms with E-state index in [-0.39, 0.29) is 5.82 Å². The van der Waals surface area contributed by atoms with E-state index in [0.717, 1.165) is 11.0 Å². The number of nitrogens with two attached hydrogens (primary N) is 1. The lowest BCUT2D eigenvalue weighted by molar-refractivity contribution is 0.610. The van der Waals surface area contributed by atoms with Gasteiger partial charge < -0.3 is 16.0 Å². The minimum atomic E-state index is -0.174. The fraction of sp³-hybridized carbons (Fsp3) is 0.133. The van der Waals surface area contributed by atoms with E-state index in [4.69, 9.17) is 5.73 Å². The van der Waals surface area contributed by atoms with Crippen molar-refractivity contribution in [2.24, 2.45) is 0 Å². The summed E-state index contributed by atoms with van der Waals surface area (Å²) in [6, 6.07) is 12.3. The van der Waals surface area contributed by atoms with Crippen LogP contribution in [-0.4, -0.2) is 16.5 Å². The minimum Gasteiger partial charge on any atom is -0.399 e. The zero-order valence-electron chi connectivity index (χ0n) is 10.9. The Bertz CT molecular complexity index is 736. The highest BCUT2D eigenvalue weighted by Gasteiger charge is 2.04. The molecule has 102 valence electrons. The summed E-state index contributed by atoms with van der Waals surface area (Å²) in [5.74, 6) is 0.494. The summed E-state index contributed by atoms with van der Waals surface area (Å²) in [5.41, 5.74) is 8.85. The van der Waals surface area contributed by atoms with Crippen molar-refractivity contribution in [3.8, 4) is 0 Å². The first-order chi connectivity index (χ1) is 9.72. The van der Waals surface area contributed by atoms with E-state index < -0.39 is 0 Å². The fourth-order valence-corrected chi connectivity index (χ4v) is 2.13. The second-order valence-electron chi connectivity index (χ2n) is 4.63. The largest absolute Gasteiger partial charge is 0.399 e. The molecule has 1 heterocycles. The lowest BCUT2D eigenvalue weighted by Crippen LogP contribution is -2.07. The molecule has 2 aromatic carbocycles. The van der Waals surface area contributed by atoms with Crippen molar-refractivity contribution in [1.29, 1.82) is 0 Å². The number of rotatable bonds is 4. The average molecular weight is 270 g/mol. The van der Waals surface area contributed by atoms with Gasteiger partial charge in [-0.3, -0.25) is 0 Å². The predicted octanol–water partition coefficient (Wildman–Crippen LogP) is 2.94. The molecule has 1 aromatic heterocycles. The summed E-state index contributed by atoms with van der Waals surface area (Å²) in [5, 5.41) is 3.16. The van der Waals surface area contributed by atoms with E-state index in [1.807, 2.05) is 24.3 Å². The Hall–Kier alpha value is -2.56. The van der Waals surface area contributed by atoms with Gasteiger partial charge in [0, 0.05) is 12.2 Å². The maximum absolute atomic E-state index is 13.5. The molecule has 5 heteroatoms. The Labute approximate surface area is 115 Å². The summed E-state index contributed by atoms with van der Waals surface area (Å²) >= 11 is 0. The molecule has 0 unspecified atom stereocenters. The van der Waals surface area contributed by atoms with Crippen molar-refractivity contribution < 1.29 is 4.39 Å². The van der Waals surface area contributed by atoms with Crippen LogP contribution in [-0.2, 0) is 6.42 Å². The first-order valence-electron chi connectivity index (χ1n) is 6.45. The normalized spacial score (nSPS) is 10.8. The van der Waals surface area contributed by atoms with E-state index in [0.29, 0.717) is 30.2 Å². The number of nitrogen functional groups attached to an aromatic ring is 1. The Morgan fingerprint density at radius 3 is 2.90 bits per heavy atom. The molecule has 20 heavy (non-hydrogen) atoms. The van der Waals surface area contributed by atoms with Crippen molar-refractivity contribution in [3.05, 3.63) is 53.8 Å². The Morgan fingerprint density at radius 2 is 2.05 bits per heavy atom. The van der Waals surface area contributed by atoms with Crippen molar-refractivity contribution in [2.75, 3.05) is 17.6 Å². The molecular weight excluding hydrogens is 255 g/mol. The third-order valence-electron chi connectivity index (χ3n) is 3.15. The number of hydrogen-bond donors (Lipinski definition) is 3. The smallest absolute Gasteiger partial charge is 0.201 e. The Balaban J connectivity index is 1.67. The average Bonchev–Trinajstić information content (AvgIpc) is 2.83. The monoisotopic (exact) mass is 270 g/mol. The summed E-state index contributed by atoms with van der Waals surface area (Å²) in [7, 11) is 0. The fourth-order valence-electron chi connectivity index (χ4n) is 2.13. The molecule has 0 saturated heterocycles. The number of anilines is 2. The van der Waals surface area contributed by atoms with Gasteiger partial charge in [-0.15, -0.1) is 0 Å². The Morgan fingerprint density at radius 1 is 1.20 bits per heavy atom. The summed E-state index contributed by atoms with van der Waals surface area (Å²) in [4.78, 5) is 7.53. The van der Waals surface area contributed by atoms with Gasteiger partial charge in [0.05, 0.1) is 11.0 Å². The number of fused-ring (bicyclic) bond motifs is 1. The minimum absolute atomic E-state index is 0.174. The van der Waals surface area contributed by atoms with Gasteiger partial charge in [0.2, 0.25) is 5.95 Å². The third-order valence-corrected chi connectivity index (χ3v) is 3.15. The van der Waals surface area contributed by atoms with E-state index in [9.17, 15) is 4.39 Å². The van der Waals surface area contributed by atoms with Crippen LogP contribution >= 0.6 is 0 Å².